The number of anilines is 1. The zero-order valence-corrected chi connectivity index (χ0v) is 17.9. The Morgan fingerprint density at radius 1 is 1.07 bits per heavy atom. The van der Waals surface area contributed by atoms with Crippen molar-refractivity contribution in [3.8, 4) is 11.4 Å². The number of benzene rings is 3. The molecule has 4 aromatic rings. The number of para-hydroxylation sites is 2. The van der Waals surface area contributed by atoms with Gasteiger partial charge in [0, 0.05) is 21.2 Å². The predicted octanol–water partition coefficient (Wildman–Crippen LogP) is 6.37. The number of hydrogen-bond acceptors (Lipinski definition) is 3. The van der Waals surface area contributed by atoms with Gasteiger partial charge in [0.2, 0.25) is 5.91 Å². The van der Waals surface area contributed by atoms with E-state index in [2.05, 4.69) is 5.32 Å². The van der Waals surface area contributed by atoms with Gasteiger partial charge < -0.3 is 9.88 Å². The minimum atomic E-state index is -0.141. The van der Waals surface area contributed by atoms with Crippen LogP contribution in [0, 0.1) is 0 Å². The number of amides is 1. The molecule has 0 aliphatic heterocycles. The molecule has 0 spiro atoms. The van der Waals surface area contributed by atoms with E-state index in [1.165, 1.54) is 0 Å². The summed E-state index contributed by atoms with van der Waals surface area (Å²) in [6.07, 6.45) is 2.00. The molecular formula is C22H17Cl2N3OS. The Balaban J connectivity index is 1.71. The van der Waals surface area contributed by atoms with Crippen molar-refractivity contribution in [2.24, 2.45) is 0 Å². The molecule has 4 rings (SSSR count). The zero-order valence-electron chi connectivity index (χ0n) is 15.5. The summed E-state index contributed by atoms with van der Waals surface area (Å²) in [4.78, 5) is 18.6. The van der Waals surface area contributed by atoms with Gasteiger partial charge >= 0.3 is 0 Å². The molecule has 0 fully saturated rings. The molecule has 29 heavy (non-hydrogen) atoms. The Hall–Kier alpha value is -2.47. The third-order valence-corrected chi connectivity index (χ3v) is 5.75. The molecule has 0 saturated carbocycles. The molecule has 146 valence electrons. The molecule has 0 radical (unpaired) electrons. The van der Waals surface area contributed by atoms with Crippen LogP contribution in [-0.4, -0.2) is 21.7 Å². The monoisotopic (exact) mass is 441 g/mol. The number of aromatic nitrogens is 2. The van der Waals surface area contributed by atoms with Crippen LogP contribution in [0.5, 0.6) is 0 Å². The van der Waals surface area contributed by atoms with E-state index in [9.17, 15) is 4.79 Å². The van der Waals surface area contributed by atoms with Crippen molar-refractivity contribution in [2.45, 2.75) is 11.4 Å². The van der Waals surface area contributed by atoms with E-state index in [0.29, 0.717) is 15.9 Å². The van der Waals surface area contributed by atoms with Crippen LogP contribution in [0.15, 0.2) is 71.6 Å². The SMILES string of the molecule is CSc1cccc(NC(=O)Cn2c(-c3ccc(Cl)cc3Cl)nc3ccccc32)c1. The predicted molar refractivity (Wildman–Crippen MR) is 122 cm³/mol. The molecule has 1 amide bonds. The van der Waals surface area contributed by atoms with Crippen molar-refractivity contribution in [3.63, 3.8) is 0 Å². The number of nitrogens with one attached hydrogen (secondary N) is 1. The van der Waals surface area contributed by atoms with E-state index in [4.69, 9.17) is 28.2 Å². The van der Waals surface area contributed by atoms with Gasteiger partial charge in [0.05, 0.1) is 16.1 Å². The number of thioether (sulfide) groups is 1. The Labute approximate surface area is 182 Å². The molecule has 0 atom stereocenters. The molecule has 0 aliphatic rings. The van der Waals surface area contributed by atoms with Gasteiger partial charge in [0.25, 0.3) is 0 Å². The molecule has 4 nitrogen and oxygen atoms in total. The molecule has 7 heteroatoms. The van der Waals surface area contributed by atoms with E-state index < -0.39 is 0 Å². The van der Waals surface area contributed by atoms with Crippen molar-refractivity contribution in [1.29, 1.82) is 0 Å². The molecule has 0 unspecified atom stereocenters. The highest BCUT2D eigenvalue weighted by molar-refractivity contribution is 7.98. The highest BCUT2D eigenvalue weighted by Gasteiger charge is 2.17. The molecule has 1 heterocycles. The van der Waals surface area contributed by atoms with Crippen LogP contribution in [0.2, 0.25) is 10.0 Å². The Morgan fingerprint density at radius 3 is 2.69 bits per heavy atom. The number of carbonyl (C=O) groups excluding carboxylic acids is 1. The lowest BCUT2D eigenvalue weighted by Crippen LogP contribution is -2.19. The first-order valence-corrected chi connectivity index (χ1v) is 10.9. The topological polar surface area (TPSA) is 46.9 Å². The maximum Gasteiger partial charge on any atom is 0.244 e. The van der Waals surface area contributed by atoms with Crippen LogP contribution in [0.4, 0.5) is 5.69 Å². The number of halogens is 2. The van der Waals surface area contributed by atoms with Gasteiger partial charge in [-0.2, -0.15) is 0 Å². The summed E-state index contributed by atoms with van der Waals surface area (Å²) in [7, 11) is 0. The zero-order chi connectivity index (χ0) is 20.4. The maximum atomic E-state index is 12.8. The van der Waals surface area contributed by atoms with Gasteiger partial charge in [-0.3, -0.25) is 4.79 Å². The van der Waals surface area contributed by atoms with Gasteiger partial charge in [-0.1, -0.05) is 41.4 Å². The lowest BCUT2D eigenvalue weighted by Gasteiger charge is -2.12. The smallest absolute Gasteiger partial charge is 0.244 e. The fourth-order valence-corrected chi connectivity index (χ4v) is 4.11. The summed E-state index contributed by atoms with van der Waals surface area (Å²) in [5, 5.41) is 4.00. The average molecular weight is 442 g/mol. The first-order valence-electron chi connectivity index (χ1n) is 8.90. The van der Waals surface area contributed by atoms with Gasteiger partial charge in [-0.05, 0) is 54.8 Å². The number of imidazole rings is 1. The van der Waals surface area contributed by atoms with Crippen molar-refractivity contribution in [3.05, 3.63) is 76.8 Å². The van der Waals surface area contributed by atoms with Crippen LogP contribution in [0.3, 0.4) is 0 Å². The normalized spacial score (nSPS) is 11.0. The minimum Gasteiger partial charge on any atom is -0.324 e. The van der Waals surface area contributed by atoms with E-state index in [1.54, 1.807) is 23.9 Å². The first kappa shape index (κ1) is 19.8. The van der Waals surface area contributed by atoms with Gasteiger partial charge in [-0.15, -0.1) is 11.8 Å². The summed E-state index contributed by atoms with van der Waals surface area (Å²) in [5.74, 6) is 0.485. The number of hydrogen-bond donors (Lipinski definition) is 1. The second kappa shape index (κ2) is 8.49. The quantitative estimate of drug-likeness (QED) is 0.366. The molecule has 0 saturated heterocycles. The van der Waals surface area contributed by atoms with Crippen molar-refractivity contribution in [2.75, 3.05) is 11.6 Å². The first-order chi connectivity index (χ1) is 14.0. The lowest BCUT2D eigenvalue weighted by molar-refractivity contribution is -0.116. The van der Waals surface area contributed by atoms with E-state index >= 15 is 0 Å². The Morgan fingerprint density at radius 2 is 1.90 bits per heavy atom. The van der Waals surface area contributed by atoms with Crippen LogP contribution in [0.25, 0.3) is 22.4 Å². The molecule has 0 aliphatic carbocycles. The van der Waals surface area contributed by atoms with Crippen molar-refractivity contribution in [1.82, 2.24) is 9.55 Å². The largest absolute Gasteiger partial charge is 0.324 e. The van der Waals surface area contributed by atoms with E-state index in [0.717, 1.165) is 27.2 Å². The van der Waals surface area contributed by atoms with Crippen LogP contribution >= 0.6 is 35.0 Å². The fourth-order valence-electron chi connectivity index (χ4n) is 3.16. The van der Waals surface area contributed by atoms with Crippen LogP contribution < -0.4 is 5.32 Å². The van der Waals surface area contributed by atoms with Gasteiger partial charge in [0.1, 0.15) is 12.4 Å². The summed E-state index contributed by atoms with van der Waals surface area (Å²) < 4.78 is 1.87. The average Bonchev–Trinajstić information content (AvgIpc) is 3.06. The highest BCUT2D eigenvalue weighted by atomic mass is 35.5. The van der Waals surface area contributed by atoms with Crippen molar-refractivity contribution < 1.29 is 4.79 Å². The van der Waals surface area contributed by atoms with E-state index in [-0.39, 0.29) is 12.5 Å². The van der Waals surface area contributed by atoms with E-state index in [1.807, 2.05) is 65.4 Å². The summed E-state index contributed by atoms with van der Waals surface area (Å²) >= 11 is 14.1. The Kier molecular flexibility index (Phi) is 5.81. The summed E-state index contributed by atoms with van der Waals surface area (Å²) in [5.41, 5.74) is 3.15. The Bertz CT molecular complexity index is 1210. The maximum absolute atomic E-state index is 12.8. The number of fused-ring (bicyclic) bond motifs is 1. The van der Waals surface area contributed by atoms with Gasteiger partial charge in [-0.25, -0.2) is 4.98 Å². The second-order valence-electron chi connectivity index (χ2n) is 6.41. The second-order valence-corrected chi connectivity index (χ2v) is 8.14. The number of carbonyl (C=O) groups is 1. The lowest BCUT2D eigenvalue weighted by atomic mass is 10.2. The molecule has 1 N–H and O–H groups in total. The summed E-state index contributed by atoms with van der Waals surface area (Å²) in [6.45, 7) is 0.109. The molecule has 1 aromatic heterocycles. The third-order valence-electron chi connectivity index (χ3n) is 4.48. The molecular weight excluding hydrogens is 425 g/mol. The number of rotatable bonds is 5. The van der Waals surface area contributed by atoms with Crippen LogP contribution in [-0.2, 0) is 11.3 Å². The standard InChI is InChI=1S/C22H17Cl2N3OS/c1-29-16-6-4-5-15(12-16)25-21(28)13-27-20-8-3-2-7-19(20)26-22(27)17-10-9-14(23)11-18(17)24/h2-12H,13H2,1H3,(H,25,28). The highest BCUT2D eigenvalue weighted by Crippen LogP contribution is 2.32. The minimum absolute atomic E-state index is 0.109. The summed E-state index contributed by atoms with van der Waals surface area (Å²) in [6, 6.07) is 20.7. The van der Waals surface area contributed by atoms with Gasteiger partial charge in [0.15, 0.2) is 0 Å². The fraction of sp³-hybridized carbons (Fsp3) is 0.0909. The van der Waals surface area contributed by atoms with Crippen LogP contribution in [0.1, 0.15) is 0 Å². The molecule has 0 bridgehead atoms. The molecule has 3 aromatic carbocycles. The van der Waals surface area contributed by atoms with Crippen molar-refractivity contribution >= 4 is 57.6 Å². The third kappa shape index (κ3) is 4.27. The number of nitrogens with zero attached hydrogens (tertiary/aromatic N) is 2.